The van der Waals surface area contributed by atoms with E-state index in [2.05, 4.69) is 12.2 Å². The van der Waals surface area contributed by atoms with Crippen LogP contribution in [0.4, 0.5) is 5.69 Å². The predicted molar refractivity (Wildman–Crippen MR) is 105 cm³/mol. The first-order chi connectivity index (χ1) is 12.9. The van der Waals surface area contributed by atoms with E-state index in [1.165, 1.54) is 43.4 Å². The lowest BCUT2D eigenvalue weighted by atomic mass is 9.48. The van der Waals surface area contributed by atoms with Crippen LogP contribution in [0.3, 0.4) is 0 Å². The summed E-state index contributed by atoms with van der Waals surface area (Å²) in [6.07, 6.45) is 8.48. The van der Waals surface area contributed by atoms with Crippen LogP contribution in [0.2, 0.25) is 0 Å². The first-order valence-electron chi connectivity index (χ1n) is 10.6. The Morgan fingerprint density at radius 2 is 1.56 bits per heavy atom. The number of aryl methyl sites for hydroxylation is 1. The fraction of sp³-hybridized carbons (Fsp3) is 0.652. The molecule has 0 unspecified atom stereocenters. The van der Waals surface area contributed by atoms with E-state index in [9.17, 15) is 9.59 Å². The minimum absolute atomic E-state index is 0.0829. The molecule has 6 rings (SSSR count). The monoisotopic (exact) mass is 366 g/mol. The molecule has 1 heterocycles. The molecule has 4 bridgehead atoms. The third-order valence-electron chi connectivity index (χ3n) is 7.89. The highest BCUT2D eigenvalue weighted by Gasteiger charge is 2.54. The lowest BCUT2D eigenvalue weighted by Gasteiger charge is -2.59. The van der Waals surface area contributed by atoms with Gasteiger partial charge in [0.15, 0.2) is 0 Å². The topological polar surface area (TPSA) is 49.4 Å². The second-order valence-electron chi connectivity index (χ2n) is 9.83. The Kier molecular flexibility index (Phi) is 3.98. The number of carbonyl (C=O) groups is 2. The normalized spacial score (nSPS) is 38.7. The summed E-state index contributed by atoms with van der Waals surface area (Å²) in [6.45, 7) is 4.27. The zero-order valence-electron chi connectivity index (χ0n) is 16.4. The van der Waals surface area contributed by atoms with E-state index < -0.39 is 0 Å². The first-order valence-corrected chi connectivity index (χ1v) is 10.6. The molecule has 1 saturated heterocycles. The molecule has 27 heavy (non-hydrogen) atoms. The lowest BCUT2D eigenvalue weighted by molar-refractivity contribution is -0.122. The Bertz CT molecular complexity index is 734. The number of rotatable bonds is 4. The third-order valence-corrected chi connectivity index (χ3v) is 7.89. The van der Waals surface area contributed by atoms with Crippen LogP contribution in [0.5, 0.6) is 0 Å². The summed E-state index contributed by atoms with van der Waals surface area (Å²) in [6, 6.07) is 7.57. The molecule has 144 valence electrons. The van der Waals surface area contributed by atoms with Gasteiger partial charge in [0.25, 0.3) is 5.91 Å². The molecule has 4 saturated carbocycles. The highest BCUT2D eigenvalue weighted by Crippen LogP contribution is 2.61. The molecule has 5 aliphatic rings. The van der Waals surface area contributed by atoms with Gasteiger partial charge in [0, 0.05) is 6.04 Å². The van der Waals surface area contributed by atoms with Crippen LogP contribution in [0.25, 0.3) is 0 Å². The Balaban J connectivity index is 1.32. The number of nitrogens with zero attached hydrogens (tertiary/aromatic N) is 1. The maximum atomic E-state index is 13.0. The van der Waals surface area contributed by atoms with Gasteiger partial charge in [0.2, 0.25) is 5.91 Å². The van der Waals surface area contributed by atoms with Gasteiger partial charge in [-0.3, -0.25) is 9.59 Å². The zero-order valence-corrected chi connectivity index (χ0v) is 16.4. The number of amides is 2. The van der Waals surface area contributed by atoms with Gasteiger partial charge in [0.05, 0.1) is 18.2 Å². The zero-order chi connectivity index (χ0) is 18.8. The van der Waals surface area contributed by atoms with E-state index >= 15 is 0 Å². The van der Waals surface area contributed by atoms with Gasteiger partial charge in [-0.15, -0.1) is 0 Å². The summed E-state index contributed by atoms with van der Waals surface area (Å²) in [5, 5.41) is 3.62. The molecule has 1 aliphatic heterocycles. The molecule has 0 radical (unpaired) electrons. The van der Waals surface area contributed by atoms with Crippen molar-refractivity contribution in [1.82, 2.24) is 5.32 Å². The number of anilines is 1. The Morgan fingerprint density at radius 3 is 2.11 bits per heavy atom. The lowest BCUT2D eigenvalue weighted by Crippen LogP contribution is -2.57. The van der Waals surface area contributed by atoms with E-state index in [0.29, 0.717) is 17.1 Å². The van der Waals surface area contributed by atoms with Crippen LogP contribution in [0, 0.1) is 30.1 Å². The van der Waals surface area contributed by atoms with E-state index in [4.69, 9.17) is 0 Å². The number of nitrogens with one attached hydrogen (secondary N) is 1. The summed E-state index contributed by atoms with van der Waals surface area (Å²) in [7, 11) is 0. The van der Waals surface area contributed by atoms with Gasteiger partial charge in [-0.1, -0.05) is 17.7 Å². The maximum absolute atomic E-state index is 13.0. The first kappa shape index (κ1) is 17.4. The van der Waals surface area contributed by atoms with Crippen LogP contribution >= 0.6 is 0 Å². The van der Waals surface area contributed by atoms with Crippen molar-refractivity contribution in [2.75, 3.05) is 4.90 Å². The molecule has 2 atom stereocenters. The number of imide groups is 1. The van der Waals surface area contributed by atoms with Crippen LogP contribution in [0.1, 0.15) is 57.4 Å². The average Bonchev–Trinajstić information content (AvgIpc) is 2.88. The van der Waals surface area contributed by atoms with Gasteiger partial charge in [-0.25, -0.2) is 4.90 Å². The SMILES string of the molecule is Cc1ccc(N2C(=O)C[C@@H](N[C@H](C)C34CC5CC(CC(C5)C3)C4)C2=O)cc1. The van der Waals surface area contributed by atoms with Gasteiger partial charge in [0.1, 0.15) is 0 Å². The highest BCUT2D eigenvalue weighted by atomic mass is 16.2. The molecular formula is C23H30N2O2. The van der Waals surface area contributed by atoms with Crippen molar-refractivity contribution < 1.29 is 9.59 Å². The summed E-state index contributed by atoms with van der Waals surface area (Å²) in [4.78, 5) is 27.0. The van der Waals surface area contributed by atoms with Gasteiger partial charge in [-0.2, -0.15) is 0 Å². The van der Waals surface area contributed by atoms with Crippen molar-refractivity contribution in [3.63, 3.8) is 0 Å². The second kappa shape index (κ2) is 6.16. The van der Waals surface area contributed by atoms with E-state index in [1.807, 2.05) is 31.2 Å². The number of hydrogen-bond acceptors (Lipinski definition) is 3. The largest absolute Gasteiger partial charge is 0.302 e. The molecule has 1 aromatic carbocycles. The Hall–Kier alpha value is -1.68. The number of carbonyl (C=O) groups excluding carboxylic acids is 2. The van der Waals surface area contributed by atoms with E-state index in [-0.39, 0.29) is 24.3 Å². The second-order valence-corrected chi connectivity index (χ2v) is 9.83. The summed E-state index contributed by atoms with van der Waals surface area (Å²) in [5.41, 5.74) is 2.17. The van der Waals surface area contributed by atoms with Gasteiger partial charge in [-0.05, 0) is 87.7 Å². The molecule has 1 aromatic rings. The molecule has 4 nitrogen and oxygen atoms in total. The van der Waals surface area contributed by atoms with E-state index in [0.717, 1.165) is 23.3 Å². The minimum Gasteiger partial charge on any atom is -0.302 e. The molecule has 0 aromatic heterocycles. The highest BCUT2D eigenvalue weighted by molar-refractivity contribution is 6.22. The molecule has 2 amide bonds. The smallest absolute Gasteiger partial charge is 0.251 e. The van der Waals surface area contributed by atoms with Crippen molar-refractivity contribution in [2.24, 2.45) is 23.2 Å². The molecule has 5 fully saturated rings. The summed E-state index contributed by atoms with van der Waals surface area (Å²) < 4.78 is 0. The van der Waals surface area contributed by atoms with Crippen LogP contribution in [-0.2, 0) is 9.59 Å². The Labute approximate surface area is 161 Å². The quantitative estimate of drug-likeness (QED) is 0.824. The Morgan fingerprint density at radius 1 is 1.00 bits per heavy atom. The van der Waals surface area contributed by atoms with Crippen molar-refractivity contribution in [1.29, 1.82) is 0 Å². The summed E-state index contributed by atoms with van der Waals surface area (Å²) in [5.74, 6) is 2.51. The molecule has 4 aliphatic carbocycles. The van der Waals surface area contributed by atoms with Crippen molar-refractivity contribution in [3.05, 3.63) is 29.8 Å². The summed E-state index contributed by atoms with van der Waals surface area (Å²) >= 11 is 0. The van der Waals surface area contributed by atoms with Crippen LogP contribution in [0.15, 0.2) is 24.3 Å². The van der Waals surface area contributed by atoms with Crippen molar-refractivity contribution in [2.45, 2.75) is 70.9 Å². The standard InChI is InChI=1S/C23H30N2O2/c1-14-3-5-19(6-4-14)25-21(26)10-20(22(25)27)24-15(2)23-11-16-7-17(12-23)9-18(8-16)13-23/h3-6,15-18,20,24H,7-13H2,1-2H3/t15-,16?,17?,18?,20-,23?/m1/s1. The van der Waals surface area contributed by atoms with Crippen molar-refractivity contribution >= 4 is 17.5 Å². The third kappa shape index (κ3) is 2.84. The molecule has 4 heteroatoms. The van der Waals surface area contributed by atoms with Crippen LogP contribution < -0.4 is 10.2 Å². The van der Waals surface area contributed by atoms with Gasteiger partial charge < -0.3 is 5.32 Å². The number of benzene rings is 1. The predicted octanol–water partition coefficient (Wildman–Crippen LogP) is 3.82. The van der Waals surface area contributed by atoms with Crippen molar-refractivity contribution in [3.8, 4) is 0 Å². The fourth-order valence-electron chi connectivity index (χ4n) is 6.91. The molecular weight excluding hydrogens is 336 g/mol. The molecule has 1 N–H and O–H groups in total. The molecule has 0 spiro atoms. The van der Waals surface area contributed by atoms with Crippen LogP contribution in [-0.4, -0.2) is 23.9 Å². The average molecular weight is 367 g/mol. The van der Waals surface area contributed by atoms with E-state index in [1.54, 1.807) is 0 Å². The minimum atomic E-state index is -0.373. The maximum Gasteiger partial charge on any atom is 0.251 e. The van der Waals surface area contributed by atoms with Gasteiger partial charge >= 0.3 is 0 Å². The number of hydrogen-bond donors (Lipinski definition) is 1. The fourth-order valence-corrected chi connectivity index (χ4v) is 6.91.